The van der Waals surface area contributed by atoms with Crippen molar-refractivity contribution in [3.05, 3.63) is 46.5 Å². The average Bonchev–Trinajstić information content (AvgIpc) is 3.27. The number of rotatable bonds is 2. The Kier molecular flexibility index (Phi) is 3.58. The first kappa shape index (κ1) is 16.7. The van der Waals surface area contributed by atoms with E-state index in [-0.39, 0.29) is 6.79 Å². The van der Waals surface area contributed by atoms with Crippen molar-refractivity contribution in [2.75, 3.05) is 34.6 Å². The van der Waals surface area contributed by atoms with Gasteiger partial charge in [-0.3, -0.25) is 4.90 Å². The van der Waals surface area contributed by atoms with E-state index in [1.165, 1.54) is 5.56 Å². The number of benzene rings is 2. The molecule has 0 radical (unpaired) electrons. The van der Waals surface area contributed by atoms with Gasteiger partial charge >= 0.3 is 0 Å². The monoisotopic (exact) mass is 369 g/mol. The van der Waals surface area contributed by atoms with Crippen molar-refractivity contribution in [2.24, 2.45) is 0 Å². The maximum Gasteiger partial charge on any atom is 0.231 e. The maximum absolute atomic E-state index is 11.6. The van der Waals surface area contributed by atoms with Crippen LogP contribution in [0.4, 0.5) is 0 Å². The van der Waals surface area contributed by atoms with Gasteiger partial charge in [0.15, 0.2) is 23.0 Å². The zero-order chi connectivity index (χ0) is 18.8. The highest BCUT2D eigenvalue weighted by molar-refractivity contribution is 5.60. The zero-order valence-corrected chi connectivity index (χ0v) is 15.7. The highest BCUT2D eigenvalue weighted by atomic mass is 16.7. The summed E-state index contributed by atoms with van der Waals surface area (Å²) in [6.45, 7) is 1.05. The van der Waals surface area contributed by atoms with Gasteiger partial charge < -0.3 is 24.1 Å². The van der Waals surface area contributed by atoms with Crippen LogP contribution in [0.5, 0.6) is 23.0 Å². The maximum atomic E-state index is 11.6. The fourth-order valence-electron chi connectivity index (χ4n) is 4.92. The second-order valence-corrected chi connectivity index (χ2v) is 7.41. The SMILES string of the molecule is COc1cc2c(cc1OC)[C@@]1(Cc3ccc4c(c3[C@H]1O)OCO4)N(C)CC2. The van der Waals surface area contributed by atoms with Crippen molar-refractivity contribution in [3.63, 3.8) is 0 Å². The predicted octanol–water partition coefficient (Wildman–Crippen LogP) is 2.41. The molecular formula is C21H23NO5. The van der Waals surface area contributed by atoms with Crippen molar-refractivity contribution in [1.82, 2.24) is 4.90 Å². The third kappa shape index (κ3) is 2.08. The number of ether oxygens (including phenoxy) is 4. The van der Waals surface area contributed by atoms with E-state index in [1.54, 1.807) is 14.2 Å². The fraction of sp³-hybridized carbons (Fsp3) is 0.429. The molecule has 0 bridgehead atoms. The summed E-state index contributed by atoms with van der Waals surface area (Å²) in [6, 6.07) is 8.05. The summed E-state index contributed by atoms with van der Waals surface area (Å²) < 4.78 is 22.3. The minimum absolute atomic E-state index is 0.197. The van der Waals surface area contributed by atoms with Gasteiger partial charge in [-0.1, -0.05) is 6.07 Å². The predicted molar refractivity (Wildman–Crippen MR) is 98.8 cm³/mol. The van der Waals surface area contributed by atoms with Crippen molar-refractivity contribution in [2.45, 2.75) is 24.5 Å². The summed E-state index contributed by atoms with van der Waals surface area (Å²) in [4.78, 5) is 2.26. The molecule has 6 nitrogen and oxygen atoms in total. The van der Waals surface area contributed by atoms with Crippen molar-refractivity contribution >= 4 is 0 Å². The first-order valence-electron chi connectivity index (χ1n) is 9.16. The van der Waals surface area contributed by atoms with Crippen LogP contribution in [0.25, 0.3) is 0 Å². The molecule has 5 rings (SSSR count). The summed E-state index contributed by atoms with van der Waals surface area (Å²) in [5.41, 5.74) is 3.66. The van der Waals surface area contributed by atoms with E-state index in [1.807, 2.05) is 24.3 Å². The third-order valence-corrected chi connectivity index (χ3v) is 6.33. The number of hydrogen-bond donors (Lipinski definition) is 1. The van der Waals surface area contributed by atoms with Gasteiger partial charge in [0.25, 0.3) is 0 Å². The molecule has 2 aliphatic heterocycles. The van der Waals surface area contributed by atoms with E-state index in [4.69, 9.17) is 18.9 Å². The van der Waals surface area contributed by atoms with Crippen LogP contribution >= 0.6 is 0 Å². The summed E-state index contributed by atoms with van der Waals surface area (Å²) in [5, 5.41) is 11.6. The first-order chi connectivity index (χ1) is 13.1. The molecule has 142 valence electrons. The molecule has 0 unspecified atom stereocenters. The van der Waals surface area contributed by atoms with Crippen LogP contribution in [-0.2, 0) is 18.4 Å². The molecule has 6 heteroatoms. The highest BCUT2D eigenvalue weighted by Crippen LogP contribution is 2.57. The molecule has 3 aliphatic rings. The molecule has 2 aromatic rings. The van der Waals surface area contributed by atoms with Gasteiger partial charge in [-0.25, -0.2) is 0 Å². The summed E-state index contributed by atoms with van der Waals surface area (Å²) in [7, 11) is 5.36. The lowest BCUT2D eigenvalue weighted by atomic mass is 9.77. The molecule has 27 heavy (non-hydrogen) atoms. The second-order valence-electron chi connectivity index (χ2n) is 7.41. The Morgan fingerprint density at radius 3 is 2.67 bits per heavy atom. The van der Waals surface area contributed by atoms with Crippen LogP contribution in [0, 0.1) is 0 Å². The Hall–Kier alpha value is -2.44. The van der Waals surface area contributed by atoms with Crippen LogP contribution in [0.3, 0.4) is 0 Å². The van der Waals surface area contributed by atoms with Gasteiger partial charge in [-0.15, -0.1) is 0 Å². The lowest BCUT2D eigenvalue weighted by Crippen LogP contribution is -2.51. The van der Waals surface area contributed by atoms with Crippen LogP contribution in [0.15, 0.2) is 24.3 Å². The van der Waals surface area contributed by atoms with E-state index >= 15 is 0 Å². The van der Waals surface area contributed by atoms with Crippen LogP contribution in [-0.4, -0.2) is 44.6 Å². The molecule has 0 saturated carbocycles. The first-order valence-corrected chi connectivity index (χ1v) is 9.16. The smallest absolute Gasteiger partial charge is 0.231 e. The number of fused-ring (bicyclic) bond motifs is 5. The van der Waals surface area contributed by atoms with E-state index in [0.29, 0.717) is 23.7 Å². The Morgan fingerprint density at radius 2 is 1.89 bits per heavy atom. The van der Waals surface area contributed by atoms with Crippen molar-refractivity contribution in [3.8, 4) is 23.0 Å². The molecule has 1 spiro atoms. The molecule has 1 N–H and O–H groups in total. The van der Waals surface area contributed by atoms with Crippen LogP contribution < -0.4 is 18.9 Å². The Balaban J connectivity index is 1.72. The minimum Gasteiger partial charge on any atom is -0.493 e. The molecular weight excluding hydrogens is 346 g/mol. The second kappa shape index (κ2) is 5.78. The molecule has 1 aliphatic carbocycles. The number of likely N-dealkylation sites (N-methyl/N-ethyl adjacent to an activating group) is 1. The molecule has 2 heterocycles. The van der Waals surface area contributed by atoms with Crippen molar-refractivity contribution in [1.29, 1.82) is 0 Å². The highest BCUT2D eigenvalue weighted by Gasteiger charge is 2.54. The molecule has 0 amide bonds. The largest absolute Gasteiger partial charge is 0.493 e. The Bertz CT molecular complexity index is 927. The lowest BCUT2D eigenvalue weighted by molar-refractivity contribution is -0.0206. The number of methoxy groups -OCH3 is 2. The lowest BCUT2D eigenvalue weighted by Gasteiger charge is -2.46. The molecule has 2 atom stereocenters. The molecule has 0 saturated heterocycles. The Labute approximate surface area is 158 Å². The third-order valence-electron chi connectivity index (χ3n) is 6.33. The fourth-order valence-corrected chi connectivity index (χ4v) is 4.92. The quantitative estimate of drug-likeness (QED) is 0.877. The van der Waals surface area contributed by atoms with E-state index in [9.17, 15) is 5.11 Å². The van der Waals surface area contributed by atoms with Gasteiger partial charge in [-0.2, -0.15) is 0 Å². The van der Waals surface area contributed by atoms with E-state index < -0.39 is 11.6 Å². The number of aliphatic hydroxyl groups excluding tert-OH is 1. The Morgan fingerprint density at radius 1 is 1.11 bits per heavy atom. The summed E-state index contributed by atoms with van der Waals surface area (Å²) in [5.74, 6) is 2.78. The van der Waals surface area contributed by atoms with Crippen molar-refractivity contribution < 1.29 is 24.1 Å². The molecule has 2 aromatic carbocycles. The van der Waals surface area contributed by atoms with E-state index in [0.717, 1.165) is 35.4 Å². The van der Waals surface area contributed by atoms with E-state index in [2.05, 4.69) is 11.9 Å². The topological polar surface area (TPSA) is 60.4 Å². The summed E-state index contributed by atoms with van der Waals surface area (Å²) in [6.07, 6.45) is 0.889. The normalized spacial score (nSPS) is 25.4. The van der Waals surface area contributed by atoms with Gasteiger partial charge in [0.1, 0.15) is 6.10 Å². The van der Waals surface area contributed by atoms with Gasteiger partial charge in [-0.05, 0) is 54.8 Å². The zero-order valence-electron chi connectivity index (χ0n) is 15.7. The van der Waals surface area contributed by atoms with Gasteiger partial charge in [0.05, 0.1) is 19.8 Å². The van der Waals surface area contributed by atoms with Crippen LogP contribution in [0.1, 0.15) is 28.4 Å². The number of nitrogens with zero attached hydrogens (tertiary/aromatic N) is 1. The minimum atomic E-state index is -0.716. The molecule has 0 aromatic heterocycles. The van der Waals surface area contributed by atoms with Gasteiger partial charge in [0.2, 0.25) is 6.79 Å². The number of hydrogen-bond acceptors (Lipinski definition) is 6. The van der Waals surface area contributed by atoms with Crippen LogP contribution in [0.2, 0.25) is 0 Å². The molecule has 0 fully saturated rings. The number of aliphatic hydroxyl groups is 1. The van der Waals surface area contributed by atoms with Gasteiger partial charge in [0, 0.05) is 12.1 Å². The standard InChI is InChI=1S/C21H23NO5/c1-22-7-6-12-8-16(24-2)17(25-3)9-14(12)21(22)10-13-4-5-15-19(27-11-26-15)18(13)20(21)23/h4-5,8-9,20,23H,6-7,10-11H2,1-3H3/t20-,21-/m1/s1. The summed E-state index contributed by atoms with van der Waals surface area (Å²) >= 11 is 0. The average molecular weight is 369 g/mol.